The molecule has 1 aromatic carbocycles. The highest BCUT2D eigenvalue weighted by Gasteiger charge is 2.16. The molecule has 0 saturated carbocycles. The first-order chi connectivity index (χ1) is 6.07. The number of benzene rings is 1. The van der Waals surface area contributed by atoms with E-state index in [0.29, 0.717) is 4.90 Å². The first kappa shape index (κ1) is 10.7. The van der Waals surface area contributed by atoms with Crippen molar-refractivity contribution in [1.29, 1.82) is 0 Å². The Hall–Kier alpha value is -0.380. The van der Waals surface area contributed by atoms with E-state index in [1.807, 2.05) is 0 Å². The van der Waals surface area contributed by atoms with Crippen LogP contribution in [0.3, 0.4) is 0 Å². The summed E-state index contributed by atoms with van der Waals surface area (Å²) < 4.78 is 4.51. The van der Waals surface area contributed by atoms with Crippen LogP contribution in [0.25, 0.3) is 0 Å². The van der Waals surface area contributed by atoms with Crippen LogP contribution >= 0.6 is 35.8 Å². The zero-order valence-corrected chi connectivity index (χ0v) is 9.08. The predicted octanol–water partition coefficient (Wildman–Crippen LogP) is 3.07. The third-order valence-electron chi connectivity index (χ3n) is 1.46. The molecule has 0 N–H and O–H groups in total. The van der Waals surface area contributed by atoms with Crippen molar-refractivity contribution in [2.45, 2.75) is 4.90 Å². The van der Waals surface area contributed by atoms with E-state index in [0.717, 1.165) is 0 Å². The van der Waals surface area contributed by atoms with E-state index < -0.39 is 5.97 Å². The second kappa shape index (κ2) is 4.22. The maximum atomic E-state index is 11.2. The third kappa shape index (κ3) is 2.10. The Morgan fingerprint density at radius 2 is 2.08 bits per heavy atom. The summed E-state index contributed by atoms with van der Waals surface area (Å²) in [5.41, 5.74) is 0.151. The van der Waals surface area contributed by atoms with Gasteiger partial charge in [-0.15, -0.1) is 12.6 Å². The van der Waals surface area contributed by atoms with Crippen molar-refractivity contribution in [3.05, 3.63) is 27.7 Å². The van der Waals surface area contributed by atoms with Gasteiger partial charge >= 0.3 is 5.97 Å². The lowest BCUT2D eigenvalue weighted by molar-refractivity contribution is 0.0601. The second-order valence-corrected chi connectivity index (χ2v) is 3.51. The molecule has 0 aliphatic heterocycles. The molecule has 0 fully saturated rings. The number of hydrogen-bond acceptors (Lipinski definition) is 3. The molecular formula is C8H6Cl2O2S. The van der Waals surface area contributed by atoms with E-state index in [2.05, 4.69) is 17.4 Å². The topological polar surface area (TPSA) is 26.3 Å². The molecule has 0 aromatic heterocycles. The lowest BCUT2D eigenvalue weighted by Gasteiger charge is -2.05. The predicted molar refractivity (Wildman–Crippen MR) is 55.1 cm³/mol. The van der Waals surface area contributed by atoms with Crippen molar-refractivity contribution >= 4 is 41.8 Å². The molecule has 70 valence electrons. The van der Waals surface area contributed by atoms with Crippen molar-refractivity contribution in [1.82, 2.24) is 0 Å². The largest absolute Gasteiger partial charge is 0.465 e. The summed E-state index contributed by atoms with van der Waals surface area (Å²) in [7, 11) is 1.26. The van der Waals surface area contributed by atoms with E-state index in [1.54, 1.807) is 12.1 Å². The van der Waals surface area contributed by atoms with Crippen LogP contribution in [-0.4, -0.2) is 13.1 Å². The fraction of sp³-hybridized carbons (Fsp3) is 0.125. The highest BCUT2D eigenvalue weighted by atomic mass is 35.5. The minimum absolute atomic E-state index is 0.151. The Labute approximate surface area is 91.2 Å². The van der Waals surface area contributed by atoms with Crippen LogP contribution < -0.4 is 0 Å². The number of halogens is 2. The number of carbonyl (C=O) groups is 1. The summed E-state index contributed by atoms with van der Waals surface area (Å²) >= 11 is 15.6. The van der Waals surface area contributed by atoms with E-state index in [4.69, 9.17) is 23.2 Å². The van der Waals surface area contributed by atoms with Crippen molar-refractivity contribution in [2.75, 3.05) is 7.11 Å². The molecule has 0 bridgehead atoms. The zero-order chi connectivity index (χ0) is 10.0. The van der Waals surface area contributed by atoms with E-state index >= 15 is 0 Å². The Morgan fingerprint density at radius 3 is 2.62 bits per heavy atom. The summed E-state index contributed by atoms with van der Waals surface area (Å²) in [6, 6.07) is 3.16. The first-order valence-corrected chi connectivity index (χ1v) is 4.53. The van der Waals surface area contributed by atoms with Gasteiger partial charge in [0, 0.05) is 4.90 Å². The quantitative estimate of drug-likeness (QED) is 0.600. The van der Waals surface area contributed by atoms with Gasteiger partial charge in [0.15, 0.2) is 0 Å². The Morgan fingerprint density at radius 1 is 1.46 bits per heavy atom. The molecule has 0 heterocycles. The molecular weight excluding hydrogens is 231 g/mol. The zero-order valence-electron chi connectivity index (χ0n) is 6.67. The van der Waals surface area contributed by atoms with Crippen LogP contribution in [-0.2, 0) is 4.74 Å². The van der Waals surface area contributed by atoms with Crippen LogP contribution in [0.2, 0.25) is 10.0 Å². The minimum atomic E-state index is -0.564. The lowest BCUT2D eigenvalue weighted by atomic mass is 10.2. The summed E-state index contributed by atoms with van der Waals surface area (Å²) in [6.07, 6.45) is 0. The van der Waals surface area contributed by atoms with Gasteiger partial charge < -0.3 is 4.74 Å². The average Bonchev–Trinajstić information content (AvgIpc) is 2.12. The molecule has 13 heavy (non-hydrogen) atoms. The van der Waals surface area contributed by atoms with Gasteiger partial charge in [-0.3, -0.25) is 0 Å². The van der Waals surface area contributed by atoms with Crippen LogP contribution in [0, 0.1) is 0 Å². The van der Waals surface area contributed by atoms with Gasteiger partial charge in [-0.1, -0.05) is 23.2 Å². The molecule has 1 rings (SSSR count). The highest BCUT2D eigenvalue weighted by molar-refractivity contribution is 7.80. The van der Waals surface area contributed by atoms with Crippen molar-refractivity contribution in [3.63, 3.8) is 0 Å². The maximum absolute atomic E-state index is 11.2. The Bertz CT molecular complexity index is 352. The van der Waals surface area contributed by atoms with Gasteiger partial charge in [0.1, 0.15) is 0 Å². The monoisotopic (exact) mass is 236 g/mol. The molecule has 0 spiro atoms. The normalized spacial score (nSPS) is 9.85. The van der Waals surface area contributed by atoms with Crippen LogP contribution in [0.5, 0.6) is 0 Å². The van der Waals surface area contributed by atoms with Gasteiger partial charge in [0.25, 0.3) is 0 Å². The molecule has 1 aromatic rings. The van der Waals surface area contributed by atoms with E-state index in [-0.39, 0.29) is 15.6 Å². The molecule has 0 saturated heterocycles. The molecule has 5 heteroatoms. The molecule has 0 aliphatic carbocycles. The molecule has 0 amide bonds. The molecule has 0 aliphatic rings. The number of thiol groups is 1. The Balaban J connectivity index is 3.33. The van der Waals surface area contributed by atoms with E-state index in [1.165, 1.54) is 7.11 Å². The smallest absolute Gasteiger partial charge is 0.340 e. The maximum Gasteiger partial charge on any atom is 0.340 e. The minimum Gasteiger partial charge on any atom is -0.465 e. The SMILES string of the molecule is COC(=O)c1c(Cl)ccc(S)c1Cl. The van der Waals surface area contributed by atoms with Crippen molar-refractivity contribution in [2.24, 2.45) is 0 Å². The summed E-state index contributed by atoms with van der Waals surface area (Å²) in [5, 5.41) is 0.470. The van der Waals surface area contributed by atoms with Gasteiger partial charge in [-0.2, -0.15) is 0 Å². The van der Waals surface area contributed by atoms with Gasteiger partial charge in [-0.25, -0.2) is 4.79 Å². The number of carbonyl (C=O) groups excluding carboxylic acids is 1. The Kier molecular flexibility index (Phi) is 3.47. The summed E-state index contributed by atoms with van der Waals surface area (Å²) in [4.78, 5) is 11.7. The third-order valence-corrected chi connectivity index (χ3v) is 2.67. The summed E-state index contributed by atoms with van der Waals surface area (Å²) in [5.74, 6) is -0.564. The fourth-order valence-corrected chi connectivity index (χ4v) is 1.54. The number of rotatable bonds is 1. The van der Waals surface area contributed by atoms with Gasteiger partial charge in [-0.05, 0) is 12.1 Å². The van der Waals surface area contributed by atoms with E-state index in [9.17, 15) is 4.79 Å². The number of ether oxygens (including phenoxy) is 1. The molecule has 0 unspecified atom stereocenters. The number of methoxy groups -OCH3 is 1. The van der Waals surface area contributed by atoms with Crippen LogP contribution in [0.1, 0.15) is 10.4 Å². The molecule has 2 nitrogen and oxygen atoms in total. The van der Waals surface area contributed by atoms with Crippen LogP contribution in [0.15, 0.2) is 17.0 Å². The fourth-order valence-electron chi connectivity index (χ4n) is 0.831. The average molecular weight is 237 g/mol. The van der Waals surface area contributed by atoms with Gasteiger partial charge in [0.2, 0.25) is 0 Å². The standard InChI is InChI=1S/C8H6Cl2O2S/c1-12-8(11)6-4(9)2-3-5(13)7(6)10/h2-3,13H,1H3. The second-order valence-electron chi connectivity index (χ2n) is 2.25. The molecule has 0 radical (unpaired) electrons. The highest BCUT2D eigenvalue weighted by Crippen LogP contribution is 2.30. The van der Waals surface area contributed by atoms with Crippen molar-refractivity contribution in [3.8, 4) is 0 Å². The molecule has 0 atom stereocenters. The first-order valence-electron chi connectivity index (χ1n) is 3.33. The van der Waals surface area contributed by atoms with Crippen molar-refractivity contribution < 1.29 is 9.53 Å². The number of hydrogen-bond donors (Lipinski definition) is 1. The lowest BCUT2D eigenvalue weighted by Crippen LogP contribution is -2.03. The van der Waals surface area contributed by atoms with Gasteiger partial charge in [0.05, 0.1) is 22.7 Å². The van der Waals surface area contributed by atoms with Crippen LogP contribution in [0.4, 0.5) is 0 Å². The summed E-state index contributed by atoms with van der Waals surface area (Å²) in [6.45, 7) is 0. The number of esters is 1.